The predicted octanol–water partition coefficient (Wildman–Crippen LogP) is 3.97. The van der Waals surface area contributed by atoms with E-state index in [4.69, 9.17) is 0 Å². The van der Waals surface area contributed by atoms with Gasteiger partial charge in [0.25, 0.3) is 0 Å². The topological polar surface area (TPSA) is 29.1 Å². The van der Waals surface area contributed by atoms with Crippen LogP contribution in [0.2, 0.25) is 0 Å². The number of anilines is 1. The van der Waals surface area contributed by atoms with E-state index in [1.807, 2.05) is 43.3 Å². The zero-order valence-corrected chi connectivity index (χ0v) is 11.5. The van der Waals surface area contributed by atoms with Crippen molar-refractivity contribution >= 4 is 11.5 Å². The summed E-state index contributed by atoms with van der Waals surface area (Å²) in [5.41, 5.74) is 1.69. The summed E-state index contributed by atoms with van der Waals surface area (Å²) in [5, 5.41) is 3.31. The van der Waals surface area contributed by atoms with Crippen LogP contribution >= 0.6 is 0 Å². The van der Waals surface area contributed by atoms with Crippen molar-refractivity contribution in [2.75, 3.05) is 11.9 Å². The summed E-state index contributed by atoms with van der Waals surface area (Å²) < 4.78 is 0. The lowest BCUT2D eigenvalue weighted by molar-refractivity contribution is -0.124. The number of para-hydroxylation sites is 1. The number of Topliss-reactive ketones (excluding diaryl/α,β-unsaturated/α-hetero) is 1. The molecule has 0 aliphatic heterocycles. The lowest BCUT2D eigenvalue weighted by Crippen LogP contribution is -2.33. The van der Waals surface area contributed by atoms with E-state index in [9.17, 15) is 4.79 Å². The average molecular weight is 255 g/mol. The SMILES string of the molecule is C=CC[C@]1(C)CCC=C(CNc2ccccc2)C1=O. The summed E-state index contributed by atoms with van der Waals surface area (Å²) in [6, 6.07) is 9.98. The first-order valence-corrected chi connectivity index (χ1v) is 6.79. The highest BCUT2D eigenvalue weighted by Crippen LogP contribution is 2.36. The van der Waals surface area contributed by atoms with Crippen molar-refractivity contribution in [1.29, 1.82) is 0 Å². The molecule has 0 fully saturated rings. The molecule has 0 amide bonds. The lowest BCUT2D eigenvalue weighted by Gasteiger charge is -2.31. The number of rotatable bonds is 5. The van der Waals surface area contributed by atoms with Gasteiger partial charge in [-0.3, -0.25) is 4.79 Å². The van der Waals surface area contributed by atoms with Gasteiger partial charge >= 0.3 is 0 Å². The van der Waals surface area contributed by atoms with Gasteiger partial charge in [-0.2, -0.15) is 0 Å². The van der Waals surface area contributed by atoms with Gasteiger partial charge in [0.05, 0.1) is 0 Å². The molecule has 100 valence electrons. The molecule has 2 rings (SSSR count). The van der Waals surface area contributed by atoms with Gasteiger partial charge in [0, 0.05) is 23.2 Å². The number of hydrogen-bond donors (Lipinski definition) is 1. The molecular formula is C17H21NO. The molecule has 0 radical (unpaired) electrons. The van der Waals surface area contributed by atoms with Crippen LogP contribution in [0, 0.1) is 5.41 Å². The Morgan fingerprint density at radius 1 is 1.37 bits per heavy atom. The Balaban J connectivity index is 2.03. The molecule has 1 N–H and O–H groups in total. The Bertz CT molecular complexity index is 489. The Morgan fingerprint density at radius 2 is 2.11 bits per heavy atom. The fourth-order valence-electron chi connectivity index (χ4n) is 2.58. The summed E-state index contributed by atoms with van der Waals surface area (Å²) in [6.45, 7) is 6.42. The lowest BCUT2D eigenvalue weighted by atomic mass is 9.72. The molecule has 19 heavy (non-hydrogen) atoms. The number of carbonyl (C=O) groups is 1. The quantitative estimate of drug-likeness (QED) is 0.807. The van der Waals surface area contributed by atoms with E-state index in [-0.39, 0.29) is 11.2 Å². The third-order valence-electron chi connectivity index (χ3n) is 3.78. The molecule has 0 saturated heterocycles. The van der Waals surface area contributed by atoms with Gasteiger partial charge < -0.3 is 5.32 Å². The van der Waals surface area contributed by atoms with Crippen LogP contribution in [-0.2, 0) is 4.79 Å². The largest absolute Gasteiger partial charge is 0.381 e. The highest BCUT2D eigenvalue weighted by molar-refractivity contribution is 6.01. The number of ketones is 1. The van der Waals surface area contributed by atoms with Gasteiger partial charge in [0.1, 0.15) is 0 Å². The van der Waals surface area contributed by atoms with E-state index >= 15 is 0 Å². The number of carbonyl (C=O) groups excluding carboxylic acids is 1. The second-order valence-corrected chi connectivity index (χ2v) is 5.37. The van der Waals surface area contributed by atoms with Gasteiger partial charge in [0.15, 0.2) is 5.78 Å². The Hall–Kier alpha value is -1.83. The first kappa shape index (κ1) is 13.6. The zero-order chi connectivity index (χ0) is 13.7. The molecule has 2 nitrogen and oxygen atoms in total. The standard InChI is InChI=1S/C17H21NO/c1-3-11-17(2)12-7-8-14(16(17)19)13-18-15-9-5-4-6-10-15/h3-6,8-10,18H,1,7,11-13H2,2H3/t17-/m1/s1. The maximum absolute atomic E-state index is 12.5. The molecule has 1 aliphatic rings. The summed E-state index contributed by atoms with van der Waals surface area (Å²) in [6.07, 6.45) is 6.58. The molecule has 1 aliphatic carbocycles. The normalized spacial score (nSPS) is 22.8. The van der Waals surface area contributed by atoms with Crippen molar-refractivity contribution in [2.45, 2.75) is 26.2 Å². The highest BCUT2D eigenvalue weighted by atomic mass is 16.1. The van der Waals surface area contributed by atoms with E-state index in [0.717, 1.165) is 30.5 Å². The molecule has 2 heteroatoms. The van der Waals surface area contributed by atoms with Crippen LogP contribution in [0.5, 0.6) is 0 Å². The van der Waals surface area contributed by atoms with Gasteiger partial charge in [-0.05, 0) is 31.4 Å². The number of nitrogens with one attached hydrogen (secondary N) is 1. The molecule has 0 unspecified atom stereocenters. The molecule has 0 bridgehead atoms. The third-order valence-corrected chi connectivity index (χ3v) is 3.78. The molecule has 0 saturated carbocycles. The van der Waals surface area contributed by atoms with Crippen LogP contribution in [0.1, 0.15) is 26.2 Å². The van der Waals surface area contributed by atoms with Crippen LogP contribution in [0.25, 0.3) is 0 Å². The van der Waals surface area contributed by atoms with Crippen molar-refractivity contribution in [3.05, 3.63) is 54.6 Å². The van der Waals surface area contributed by atoms with Crippen molar-refractivity contribution in [1.82, 2.24) is 0 Å². The monoisotopic (exact) mass is 255 g/mol. The summed E-state index contributed by atoms with van der Waals surface area (Å²) in [7, 11) is 0. The van der Waals surface area contributed by atoms with Crippen molar-refractivity contribution in [3.63, 3.8) is 0 Å². The van der Waals surface area contributed by atoms with Gasteiger partial charge in [-0.15, -0.1) is 6.58 Å². The maximum atomic E-state index is 12.5. The Morgan fingerprint density at radius 3 is 2.79 bits per heavy atom. The number of allylic oxidation sites excluding steroid dienone is 2. The minimum absolute atomic E-state index is 0.260. The fourth-order valence-corrected chi connectivity index (χ4v) is 2.58. The van der Waals surface area contributed by atoms with Crippen LogP contribution in [0.3, 0.4) is 0 Å². The van der Waals surface area contributed by atoms with Crippen LogP contribution < -0.4 is 5.32 Å². The average Bonchev–Trinajstić information content (AvgIpc) is 2.42. The smallest absolute Gasteiger partial charge is 0.166 e. The molecular weight excluding hydrogens is 234 g/mol. The summed E-state index contributed by atoms with van der Waals surface area (Å²) in [5.74, 6) is 0.266. The van der Waals surface area contributed by atoms with Gasteiger partial charge in [0.2, 0.25) is 0 Å². The maximum Gasteiger partial charge on any atom is 0.166 e. The zero-order valence-electron chi connectivity index (χ0n) is 11.5. The predicted molar refractivity (Wildman–Crippen MR) is 80.2 cm³/mol. The van der Waals surface area contributed by atoms with E-state index in [0.29, 0.717) is 6.54 Å². The second-order valence-electron chi connectivity index (χ2n) is 5.37. The minimum atomic E-state index is -0.260. The summed E-state index contributed by atoms with van der Waals surface area (Å²) >= 11 is 0. The first-order chi connectivity index (χ1) is 9.15. The highest BCUT2D eigenvalue weighted by Gasteiger charge is 2.35. The second kappa shape index (κ2) is 5.87. The Labute approximate surface area is 115 Å². The van der Waals surface area contributed by atoms with E-state index < -0.39 is 0 Å². The molecule has 1 atom stereocenters. The number of benzene rings is 1. The van der Waals surface area contributed by atoms with Crippen molar-refractivity contribution in [2.24, 2.45) is 5.41 Å². The van der Waals surface area contributed by atoms with E-state index in [2.05, 4.69) is 18.0 Å². The molecule has 1 aromatic rings. The van der Waals surface area contributed by atoms with Crippen molar-refractivity contribution < 1.29 is 4.79 Å². The first-order valence-electron chi connectivity index (χ1n) is 6.79. The third kappa shape index (κ3) is 3.14. The number of hydrogen-bond acceptors (Lipinski definition) is 2. The summed E-state index contributed by atoms with van der Waals surface area (Å²) in [4.78, 5) is 12.5. The van der Waals surface area contributed by atoms with E-state index in [1.54, 1.807) is 0 Å². The van der Waals surface area contributed by atoms with Gasteiger partial charge in [-0.1, -0.05) is 37.3 Å². The molecule has 0 spiro atoms. The van der Waals surface area contributed by atoms with Crippen molar-refractivity contribution in [3.8, 4) is 0 Å². The minimum Gasteiger partial charge on any atom is -0.381 e. The molecule has 1 aromatic carbocycles. The van der Waals surface area contributed by atoms with Gasteiger partial charge in [-0.25, -0.2) is 0 Å². The van der Waals surface area contributed by atoms with E-state index in [1.165, 1.54) is 0 Å². The molecule has 0 aromatic heterocycles. The van der Waals surface area contributed by atoms with Crippen LogP contribution in [0.4, 0.5) is 5.69 Å². The van der Waals surface area contributed by atoms with Crippen LogP contribution in [-0.4, -0.2) is 12.3 Å². The Kier molecular flexibility index (Phi) is 4.20. The fraction of sp³-hybridized carbons (Fsp3) is 0.353. The molecule has 0 heterocycles. The van der Waals surface area contributed by atoms with Crippen LogP contribution in [0.15, 0.2) is 54.6 Å².